The molecule has 2 fully saturated rings. The van der Waals surface area contributed by atoms with E-state index in [9.17, 15) is 35.9 Å². The summed E-state index contributed by atoms with van der Waals surface area (Å²) < 4.78 is 91.0. The van der Waals surface area contributed by atoms with Crippen molar-refractivity contribution in [2.45, 2.75) is 76.6 Å². The molecule has 2 aliphatic rings. The maximum atomic E-state index is 13.5. The monoisotopic (exact) mass is 634 g/mol. The molecule has 1 aliphatic carbocycles. The van der Waals surface area contributed by atoms with Crippen LogP contribution in [0.2, 0.25) is 5.02 Å². The molecule has 236 valence electrons. The van der Waals surface area contributed by atoms with Crippen LogP contribution in [0.4, 0.5) is 26.3 Å². The largest absolute Gasteiger partial charge is 0.455 e. The van der Waals surface area contributed by atoms with Crippen LogP contribution in [-0.2, 0) is 33.2 Å². The molecule has 0 aromatic heterocycles. The van der Waals surface area contributed by atoms with Gasteiger partial charge in [0.05, 0.1) is 28.7 Å². The average molecular weight is 635 g/mol. The van der Waals surface area contributed by atoms with Crippen LogP contribution in [0.15, 0.2) is 42.5 Å². The number of carbonyl (C=O) groups is 2. The molecule has 43 heavy (non-hydrogen) atoms. The number of alkyl halides is 6. The fraction of sp³-hybridized carbons (Fsp3) is 0.533. The lowest BCUT2D eigenvalue weighted by Gasteiger charge is -2.35. The molecular formula is C30H33ClF6N2O4. The van der Waals surface area contributed by atoms with Gasteiger partial charge >= 0.3 is 18.3 Å². The number of nitrogens with one attached hydrogen (secondary N) is 2. The molecule has 0 bridgehead atoms. The van der Waals surface area contributed by atoms with E-state index in [0.29, 0.717) is 55.0 Å². The molecule has 2 aromatic carbocycles. The van der Waals surface area contributed by atoms with Gasteiger partial charge in [0, 0.05) is 30.3 Å². The van der Waals surface area contributed by atoms with E-state index in [0.717, 1.165) is 0 Å². The van der Waals surface area contributed by atoms with Crippen molar-refractivity contribution in [1.29, 1.82) is 0 Å². The number of esters is 1. The fourth-order valence-electron chi connectivity index (χ4n) is 5.83. The van der Waals surface area contributed by atoms with Gasteiger partial charge in [0.1, 0.15) is 6.10 Å². The van der Waals surface area contributed by atoms with Gasteiger partial charge in [0.2, 0.25) is 5.91 Å². The zero-order valence-electron chi connectivity index (χ0n) is 23.6. The summed E-state index contributed by atoms with van der Waals surface area (Å²) in [6.45, 7) is 3.86. The van der Waals surface area contributed by atoms with Gasteiger partial charge in [-0.05, 0) is 73.6 Å². The summed E-state index contributed by atoms with van der Waals surface area (Å²) in [5, 5.41) is 6.51. The highest BCUT2D eigenvalue weighted by molar-refractivity contribution is 6.30. The molecule has 13 heteroatoms. The van der Waals surface area contributed by atoms with Crippen molar-refractivity contribution in [1.82, 2.24) is 10.6 Å². The Labute approximate surface area is 250 Å². The van der Waals surface area contributed by atoms with Crippen molar-refractivity contribution in [2.24, 2.45) is 11.3 Å². The summed E-state index contributed by atoms with van der Waals surface area (Å²) in [6.07, 6.45) is -8.55. The van der Waals surface area contributed by atoms with Crippen LogP contribution in [0.1, 0.15) is 66.6 Å². The highest BCUT2D eigenvalue weighted by Gasteiger charge is 2.48. The minimum absolute atomic E-state index is 0.0595. The normalized spacial score (nSPS) is 24.7. The Morgan fingerprint density at radius 3 is 2.33 bits per heavy atom. The van der Waals surface area contributed by atoms with E-state index >= 15 is 0 Å². The topological polar surface area (TPSA) is 76.7 Å². The first-order valence-electron chi connectivity index (χ1n) is 14.0. The molecular weight excluding hydrogens is 602 g/mol. The fourth-order valence-corrected chi connectivity index (χ4v) is 6.02. The first-order chi connectivity index (χ1) is 20.1. The van der Waals surface area contributed by atoms with E-state index in [1.807, 2.05) is 13.8 Å². The molecule has 2 unspecified atom stereocenters. The van der Waals surface area contributed by atoms with E-state index in [-0.39, 0.29) is 36.2 Å². The first-order valence-corrected chi connectivity index (χ1v) is 14.3. The lowest BCUT2D eigenvalue weighted by atomic mass is 9.74. The number of amides is 1. The molecule has 0 spiro atoms. The van der Waals surface area contributed by atoms with E-state index < -0.39 is 53.4 Å². The standard InChI is InChI=1S/C30H33ClF6N2O4/c1-17(2)28(27(41)38-15-18-10-20(29(32,33)34)13-21(11-18)30(35,36)37)8-6-23(14-28)39-24-7-9-42-16-25(24)43-26(40)19-4-3-5-22(31)12-19/h3-5,10-13,17,23-25,39H,6-9,14-16H2,1-2H3,(H,38,41)/t23-,24?,25?,28+/m1/s1. The number of halogens is 7. The van der Waals surface area contributed by atoms with Gasteiger partial charge < -0.3 is 20.1 Å². The molecule has 1 amide bonds. The lowest BCUT2D eigenvalue weighted by molar-refractivity contribution is -0.143. The number of hydrogen-bond donors (Lipinski definition) is 2. The molecule has 4 atom stereocenters. The molecule has 6 nitrogen and oxygen atoms in total. The van der Waals surface area contributed by atoms with Crippen LogP contribution in [0.3, 0.4) is 0 Å². The lowest BCUT2D eigenvalue weighted by Crippen LogP contribution is -2.52. The van der Waals surface area contributed by atoms with Gasteiger partial charge in [-0.25, -0.2) is 4.79 Å². The minimum atomic E-state index is -4.98. The molecule has 2 N–H and O–H groups in total. The van der Waals surface area contributed by atoms with Gasteiger partial charge in [-0.2, -0.15) is 26.3 Å². The van der Waals surface area contributed by atoms with Crippen molar-refractivity contribution in [3.8, 4) is 0 Å². The van der Waals surface area contributed by atoms with Crippen molar-refractivity contribution in [3.05, 3.63) is 69.7 Å². The van der Waals surface area contributed by atoms with Crippen LogP contribution in [0.25, 0.3) is 0 Å². The van der Waals surface area contributed by atoms with Crippen LogP contribution in [-0.4, -0.2) is 43.3 Å². The summed E-state index contributed by atoms with van der Waals surface area (Å²) >= 11 is 5.99. The van der Waals surface area contributed by atoms with Crippen LogP contribution >= 0.6 is 11.6 Å². The third kappa shape index (κ3) is 8.02. The van der Waals surface area contributed by atoms with Gasteiger partial charge in [-0.1, -0.05) is 31.5 Å². The van der Waals surface area contributed by atoms with Crippen molar-refractivity contribution in [2.75, 3.05) is 13.2 Å². The van der Waals surface area contributed by atoms with E-state index in [4.69, 9.17) is 21.1 Å². The van der Waals surface area contributed by atoms with E-state index in [1.54, 1.807) is 18.2 Å². The average Bonchev–Trinajstić information content (AvgIpc) is 3.37. The van der Waals surface area contributed by atoms with Gasteiger partial charge in [-0.3, -0.25) is 4.79 Å². The Morgan fingerprint density at radius 2 is 1.72 bits per heavy atom. The smallest absolute Gasteiger partial charge is 0.416 e. The second-order valence-corrected chi connectivity index (χ2v) is 11.9. The second-order valence-electron chi connectivity index (χ2n) is 11.4. The molecule has 2 aromatic rings. The maximum Gasteiger partial charge on any atom is 0.416 e. The number of hydrogen-bond acceptors (Lipinski definition) is 5. The number of carbonyl (C=O) groups excluding carboxylic acids is 2. The Bertz CT molecular complexity index is 1290. The Kier molecular flexibility index (Phi) is 10.0. The van der Waals surface area contributed by atoms with Crippen LogP contribution in [0.5, 0.6) is 0 Å². The Hall–Kier alpha value is -2.83. The third-order valence-electron chi connectivity index (χ3n) is 8.28. The van der Waals surface area contributed by atoms with Crippen LogP contribution in [0, 0.1) is 11.3 Å². The molecule has 1 saturated heterocycles. The second kappa shape index (κ2) is 13.0. The zero-order valence-corrected chi connectivity index (χ0v) is 24.3. The Morgan fingerprint density at radius 1 is 1.05 bits per heavy atom. The minimum Gasteiger partial charge on any atom is -0.455 e. The number of ether oxygens (including phenoxy) is 2. The van der Waals surface area contributed by atoms with Crippen molar-refractivity contribution in [3.63, 3.8) is 0 Å². The maximum absolute atomic E-state index is 13.5. The SMILES string of the molecule is CC(C)[C@]1(C(=O)NCc2cc(C(F)(F)F)cc(C(F)(F)F)c2)CC[C@@H](NC2CCOCC2OC(=O)c2cccc(Cl)c2)C1. The molecule has 1 saturated carbocycles. The van der Waals surface area contributed by atoms with E-state index in [1.165, 1.54) is 6.07 Å². The van der Waals surface area contributed by atoms with Gasteiger partial charge in [0.25, 0.3) is 0 Å². The highest BCUT2D eigenvalue weighted by atomic mass is 35.5. The summed E-state index contributed by atoms with van der Waals surface area (Å²) in [5.74, 6) is -1.15. The number of rotatable bonds is 8. The van der Waals surface area contributed by atoms with Crippen molar-refractivity contribution >= 4 is 23.5 Å². The summed E-state index contributed by atoms with van der Waals surface area (Å²) in [7, 11) is 0. The molecule has 1 aliphatic heterocycles. The molecule has 4 rings (SSSR count). The quantitative estimate of drug-likeness (QED) is 0.247. The van der Waals surface area contributed by atoms with Crippen LogP contribution < -0.4 is 10.6 Å². The predicted molar refractivity (Wildman–Crippen MR) is 146 cm³/mol. The van der Waals surface area contributed by atoms with Crippen molar-refractivity contribution < 1.29 is 45.4 Å². The third-order valence-corrected chi connectivity index (χ3v) is 8.52. The van der Waals surface area contributed by atoms with Gasteiger partial charge in [-0.15, -0.1) is 0 Å². The summed E-state index contributed by atoms with van der Waals surface area (Å²) in [6, 6.07) is 7.28. The predicted octanol–water partition coefficient (Wildman–Crippen LogP) is 6.79. The Balaban J connectivity index is 1.43. The molecule has 1 heterocycles. The summed E-state index contributed by atoms with van der Waals surface area (Å²) in [4.78, 5) is 26.2. The number of benzene rings is 2. The van der Waals surface area contributed by atoms with E-state index in [2.05, 4.69) is 10.6 Å². The summed E-state index contributed by atoms with van der Waals surface area (Å²) in [5.41, 5.74) is -3.76. The molecule has 0 radical (unpaired) electrons. The first kappa shape index (κ1) is 33.1. The highest BCUT2D eigenvalue weighted by Crippen LogP contribution is 2.45. The zero-order chi connectivity index (χ0) is 31.6. The van der Waals surface area contributed by atoms with Gasteiger partial charge in [0.15, 0.2) is 0 Å².